The number of ether oxygens (including phenoxy) is 1. The first-order chi connectivity index (χ1) is 11.3. The van der Waals surface area contributed by atoms with Gasteiger partial charge >= 0.3 is 6.18 Å². The van der Waals surface area contributed by atoms with Crippen LogP contribution in [0, 0.1) is 13.8 Å². The molecule has 1 aromatic heterocycles. The molecular formula is C15H27F3IN5O. The first-order valence-electron chi connectivity index (χ1n) is 7.92. The van der Waals surface area contributed by atoms with Crippen LogP contribution in [0.1, 0.15) is 24.2 Å². The Bertz CT molecular complexity index is 520. The van der Waals surface area contributed by atoms with Gasteiger partial charge in [-0.2, -0.15) is 18.3 Å². The van der Waals surface area contributed by atoms with Crippen molar-refractivity contribution in [3.8, 4) is 0 Å². The molecule has 0 amide bonds. The fourth-order valence-electron chi connectivity index (χ4n) is 2.13. The molecule has 1 rings (SSSR count). The average Bonchev–Trinajstić information content (AvgIpc) is 2.81. The summed E-state index contributed by atoms with van der Waals surface area (Å²) in [6, 6.07) is 2.04. The highest BCUT2D eigenvalue weighted by Gasteiger charge is 2.27. The summed E-state index contributed by atoms with van der Waals surface area (Å²) in [5.74, 6) is 0.624. The van der Waals surface area contributed by atoms with Crippen LogP contribution < -0.4 is 10.6 Å². The highest BCUT2D eigenvalue weighted by Crippen LogP contribution is 2.14. The molecule has 0 spiro atoms. The van der Waals surface area contributed by atoms with Crippen LogP contribution in [0.15, 0.2) is 11.1 Å². The van der Waals surface area contributed by atoms with Crippen molar-refractivity contribution in [3.05, 3.63) is 17.5 Å². The fourth-order valence-corrected chi connectivity index (χ4v) is 2.13. The van der Waals surface area contributed by atoms with Gasteiger partial charge in [-0.3, -0.25) is 9.67 Å². The Hall–Kier alpha value is -1.04. The maximum absolute atomic E-state index is 11.9. The monoisotopic (exact) mass is 477 g/mol. The van der Waals surface area contributed by atoms with Gasteiger partial charge in [0.05, 0.1) is 5.69 Å². The quantitative estimate of drug-likeness (QED) is 0.249. The lowest BCUT2D eigenvalue weighted by atomic mass is 10.4. The lowest BCUT2D eigenvalue weighted by Gasteiger charge is -2.12. The third-order valence-electron chi connectivity index (χ3n) is 3.19. The van der Waals surface area contributed by atoms with E-state index < -0.39 is 12.8 Å². The predicted molar refractivity (Wildman–Crippen MR) is 103 cm³/mol. The van der Waals surface area contributed by atoms with Gasteiger partial charge in [0.2, 0.25) is 0 Å². The lowest BCUT2D eigenvalue weighted by Crippen LogP contribution is -2.38. The molecule has 10 heteroatoms. The Balaban J connectivity index is 0.00000576. The Morgan fingerprint density at radius 1 is 1.24 bits per heavy atom. The van der Waals surface area contributed by atoms with Crippen molar-refractivity contribution in [3.63, 3.8) is 0 Å². The van der Waals surface area contributed by atoms with Gasteiger partial charge in [0.1, 0.15) is 6.61 Å². The van der Waals surface area contributed by atoms with E-state index in [1.165, 1.54) is 0 Å². The van der Waals surface area contributed by atoms with Crippen LogP contribution >= 0.6 is 24.0 Å². The number of alkyl halides is 3. The van der Waals surface area contributed by atoms with Crippen LogP contribution in [-0.4, -0.2) is 55.3 Å². The first kappa shape index (κ1) is 24.0. The van der Waals surface area contributed by atoms with E-state index >= 15 is 0 Å². The highest BCUT2D eigenvalue weighted by atomic mass is 127. The number of aliphatic imine (C=N–C) groups is 1. The largest absolute Gasteiger partial charge is 0.411 e. The van der Waals surface area contributed by atoms with Crippen LogP contribution in [0.4, 0.5) is 13.2 Å². The molecule has 0 aliphatic heterocycles. The summed E-state index contributed by atoms with van der Waals surface area (Å²) in [5, 5.41) is 10.6. The number of hydrogen-bond donors (Lipinski definition) is 2. The maximum Gasteiger partial charge on any atom is 0.411 e. The van der Waals surface area contributed by atoms with E-state index in [0.717, 1.165) is 30.9 Å². The van der Waals surface area contributed by atoms with Crippen molar-refractivity contribution in [2.75, 3.05) is 33.4 Å². The topological polar surface area (TPSA) is 63.5 Å². The van der Waals surface area contributed by atoms with Gasteiger partial charge in [-0.25, -0.2) is 0 Å². The molecule has 6 nitrogen and oxygen atoms in total. The maximum atomic E-state index is 11.9. The number of hydrogen-bond acceptors (Lipinski definition) is 3. The Kier molecular flexibility index (Phi) is 11.8. The molecule has 2 N–H and O–H groups in total. The van der Waals surface area contributed by atoms with Gasteiger partial charge in [-0.15, -0.1) is 24.0 Å². The average molecular weight is 477 g/mol. The molecule has 0 saturated carbocycles. The van der Waals surface area contributed by atoms with Crippen molar-refractivity contribution in [1.82, 2.24) is 20.4 Å². The van der Waals surface area contributed by atoms with Crippen molar-refractivity contribution < 1.29 is 17.9 Å². The van der Waals surface area contributed by atoms with E-state index in [0.29, 0.717) is 18.9 Å². The van der Waals surface area contributed by atoms with Crippen LogP contribution in [0.3, 0.4) is 0 Å². The molecule has 0 unspecified atom stereocenters. The summed E-state index contributed by atoms with van der Waals surface area (Å²) in [5.41, 5.74) is 2.14. The molecule has 146 valence electrons. The van der Waals surface area contributed by atoms with E-state index in [4.69, 9.17) is 0 Å². The highest BCUT2D eigenvalue weighted by molar-refractivity contribution is 14.0. The molecule has 0 radical (unpaired) electrons. The molecule has 0 bridgehead atoms. The van der Waals surface area contributed by atoms with E-state index in [9.17, 15) is 13.2 Å². The van der Waals surface area contributed by atoms with Crippen LogP contribution in [0.25, 0.3) is 0 Å². The normalized spacial score (nSPS) is 12.0. The van der Waals surface area contributed by atoms with Crippen molar-refractivity contribution in [2.24, 2.45) is 4.99 Å². The van der Waals surface area contributed by atoms with E-state index in [1.54, 1.807) is 7.05 Å². The number of aromatic nitrogens is 2. The zero-order chi connectivity index (χ0) is 18.0. The Labute approximate surface area is 163 Å². The lowest BCUT2D eigenvalue weighted by molar-refractivity contribution is -0.173. The van der Waals surface area contributed by atoms with Gasteiger partial charge in [-0.1, -0.05) is 0 Å². The number of halogens is 4. The molecule has 0 saturated heterocycles. The first-order valence-corrected chi connectivity index (χ1v) is 7.92. The van der Waals surface area contributed by atoms with E-state index in [-0.39, 0.29) is 30.6 Å². The molecule has 0 fully saturated rings. The van der Waals surface area contributed by atoms with Crippen LogP contribution in [-0.2, 0) is 11.3 Å². The van der Waals surface area contributed by atoms with E-state index in [2.05, 4.69) is 25.5 Å². The number of aryl methyl sites for hydroxylation is 3. The second-order valence-corrected chi connectivity index (χ2v) is 5.45. The third-order valence-corrected chi connectivity index (χ3v) is 3.19. The van der Waals surface area contributed by atoms with Gasteiger partial charge in [0.25, 0.3) is 0 Å². The fraction of sp³-hybridized carbons (Fsp3) is 0.733. The summed E-state index contributed by atoms with van der Waals surface area (Å²) in [6.45, 7) is 4.88. The summed E-state index contributed by atoms with van der Waals surface area (Å²) >= 11 is 0. The van der Waals surface area contributed by atoms with Gasteiger partial charge in [0.15, 0.2) is 5.96 Å². The molecular weight excluding hydrogens is 450 g/mol. The minimum atomic E-state index is -4.27. The zero-order valence-corrected chi connectivity index (χ0v) is 17.1. The van der Waals surface area contributed by atoms with Crippen molar-refractivity contribution in [1.29, 1.82) is 0 Å². The number of nitrogens with zero attached hydrogens (tertiary/aromatic N) is 3. The smallest absolute Gasteiger partial charge is 0.372 e. The molecule has 1 heterocycles. The Morgan fingerprint density at radius 3 is 2.40 bits per heavy atom. The molecule has 0 aliphatic carbocycles. The van der Waals surface area contributed by atoms with Gasteiger partial charge < -0.3 is 15.4 Å². The van der Waals surface area contributed by atoms with Crippen LogP contribution in [0.2, 0.25) is 0 Å². The third kappa shape index (κ3) is 11.2. The summed E-state index contributed by atoms with van der Waals surface area (Å²) in [4.78, 5) is 4.06. The standard InChI is InChI=1S/C15H26F3N5O.HI/c1-12-10-13(2)23(22-12)8-4-6-20-14(19-3)21-7-5-9-24-11-15(16,17)18;/h10H,4-9,11H2,1-3H3,(H2,19,20,21);1H. The van der Waals surface area contributed by atoms with Crippen molar-refractivity contribution in [2.45, 2.75) is 39.4 Å². The second kappa shape index (κ2) is 12.3. The molecule has 0 aliphatic rings. The number of nitrogens with one attached hydrogen (secondary N) is 2. The van der Waals surface area contributed by atoms with Crippen LogP contribution in [0.5, 0.6) is 0 Å². The second-order valence-electron chi connectivity index (χ2n) is 5.45. The van der Waals surface area contributed by atoms with Gasteiger partial charge in [0, 0.05) is 39.0 Å². The number of rotatable bonds is 9. The van der Waals surface area contributed by atoms with E-state index in [1.807, 2.05) is 24.6 Å². The summed E-state index contributed by atoms with van der Waals surface area (Å²) in [6.07, 6.45) is -2.91. The SMILES string of the molecule is CN=C(NCCCOCC(F)(F)F)NCCCn1nc(C)cc1C.I. The molecule has 25 heavy (non-hydrogen) atoms. The molecule has 0 atom stereocenters. The molecule has 0 aromatic carbocycles. The van der Waals surface area contributed by atoms with Crippen molar-refractivity contribution >= 4 is 29.9 Å². The Morgan fingerprint density at radius 2 is 1.88 bits per heavy atom. The number of guanidine groups is 1. The minimum absolute atomic E-state index is 0. The molecule has 1 aromatic rings. The van der Waals surface area contributed by atoms with Gasteiger partial charge in [-0.05, 0) is 32.8 Å². The summed E-state index contributed by atoms with van der Waals surface area (Å²) < 4.78 is 42.2. The zero-order valence-electron chi connectivity index (χ0n) is 14.8. The minimum Gasteiger partial charge on any atom is -0.372 e. The summed E-state index contributed by atoms with van der Waals surface area (Å²) in [7, 11) is 1.65. The predicted octanol–water partition coefficient (Wildman–Crippen LogP) is 2.64.